The number of carbonyl (C=O) groups is 3. The number of carboxylic acids is 1. The average molecular weight is 356 g/mol. The molecule has 9 heteroatoms. The second-order valence-corrected chi connectivity index (χ2v) is 8.32. The van der Waals surface area contributed by atoms with Crippen LogP contribution in [0.3, 0.4) is 0 Å². The molecule has 0 aliphatic carbocycles. The number of carbonyl (C=O) groups excluding carboxylic acids is 2. The van der Waals surface area contributed by atoms with E-state index in [2.05, 4.69) is 10.6 Å². The van der Waals surface area contributed by atoms with Crippen LogP contribution in [0, 0.1) is 5.41 Å². The molecule has 8 nitrogen and oxygen atoms in total. The summed E-state index contributed by atoms with van der Waals surface area (Å²) in [6.45, 7) is 4.75. The molecule has 0 saturated carbocycles. The molecule has 0 aromatic heterocycles. The first kappa shape index (κ1) is 19.6. The van der Waals surface area contributed by atoms with Crippen LogP contribution in [0.25, 0.3) is 0 Å². The lowest BCUT2D eigenvalue weighted by atomic mass is 9.96. The maximum atomic E-state index is 11.9. The molecular weight excluding hydrogens is 336 g/mol. The fraction of sp³-hybridized carbons (Fsp3) is 0.400. The predicted octanol–water partition coefficient (Wildman–Crippen LogP) is 0.889. The zero-order chi connectivity index (χ0) is 18.7. The summed E-state index contributed by atoms with van der Waals surface area (Å²) >= 11 is 0. The van der Waals surface area contributed by atoms with E-state index in [1.807, 2.05) is 0 Å². The topological polar surface area (TPSA) is 130 Å². The predicted molar refractivity (Wildman–Crippen MR) is 87.6 cm³/mol. The summed E-state index contributed by atoms with van der Waals surface area (Å²) in [5.41, 5.74) is -0.912. The molecule has 1 rings (SSSR count). The van der Waals surface area contributed by atoms with Crippen LogP contribution in [0.2, 0.25) is 0 Å². The molecule has 0 saturated heterocycles. The molecule has 132 valence electrons. The van der Waals surface area contributed by atoms with E-state index >= 15 is 0 Å². The molecule has 0 bridgehead atoms. The fourth-order valence-corrected chi connectivity index (χ4v) is 2.32. The number of rotatable bonds is 5. The summed E-state index contributed by atoms with van der Waals surface area (Å²) in [5, 5.41) is 13.8. The first-order valence-corrected chi connectivity index (χ1v) is 8.86. The van der Waals surface area contributed by atoms with Gasteiger partial charge in [0.1, 0.15) is 0 Å². The molecule has 0 fully saturated rings. The van der Waals surface area contributed by atoms with Gasteiger partial charge in [-0.1, -0.05) is 20.8 Å². The summed E-state index contributed by atoms with van der Waals surface area (Å²) in [4.78, 5) is 34.4. The van der Waals surface area contributed by atoms with Gasteiger partial charge in [-0.25, -0.2) is 13.2 Å². The first-order valence-electron chi connectivity index (χ1n) is 6.97. The van der Waals surface area contributed by atoms with Gasteiger partial charge in [0.15, 0.2) is 9.84 Å². The monoisotopic (exact) mass is 356 g/mol. The van der Waals surface area contributed by atoms with Crippen molar-refractivity contribution in [3.63, 3.8) is 0 Å². The minimum atomic E-state index is -3.65. The molecule has 0 unspecified atom stereocenters. The highest BCUT2D eigenvalue weighted by molar-refractivity contribution is 7.90. The summed E-state index contributed by atoms with van der Waals surface area (Å²) in [6.07, 6.45) is 0.934. The number of hydrogen-bond donors (Lipinski definition) is 3. The van der Waals surface area contributed by atoms with E-state index in [9.17, 15) is 22.8 Å². The van der Waals surface area contributed by atoms with Crippen molar-refractivity contribution in [2.24, 2.45) is 5.41 Å². The number of carboxylic acid groups (broad SMARTS) is 1. The average Bonchev–Trinajstić information content (AvgIpc) is 2.42. The highest BCUT2D eigenvalue weighted by atomic mass is 32.2. The Morgan fingerprint density at radius 3 is 2.17 bits per heavy atom. The lowest BCUT2D eigenvalue weighted by Crippen LogP contribution is -2.39. The molecular formula is C15H20N2O6S. The van der Waals surface area contributed by atoms with Crippen LogP contribution < -0.4 is 10.6 Å². The molecule has 2 amide bonds. The summed E-state index contributed by atoms with van der Waals surface area (Å²) in [7, 11) is -3.65. The van der Waals surface area contributed by atoms with Crippen LogP contribution in [0.4, 0.5) is 5.69 Å². The minimum Gasteiger partial charge on any atom is -0.478 e. The molecule has 0 spiro atoms. The Morgan fingerprint density at radius 1 is 1.12 bits per heavy atom. The van der Waals surface area contributed by atoms with E-state index in [-0.39, 0.29) is 28.6 Å². The number of amides is 2. The first-order chi connectivity index (χ1) is 10.8. The van der Waals surface area contributed by atoms with Gasteiger partial charge in [-0.15, -0.1) is 0 Å². The van der Waals surface area contributed by atoms with Gasteiger partial charge in [-0.2, -0.15) is 0 Å². The van der Waals surface area contributed by atoms with E-state index in [1.165, 1.54) is 0 Å². The normalized spacial score (nSPS) is 11.7. The molecule has 3 N–H and O–H groups in total. The van der Waals surface area contributed by atoms with E-state index in [0.717, 1.165) is 24.5 Å². The molecule has 1 aromatic carbocycles. The van der Waals surface area contributed by atoms with Gasteiger partial charge >= 0.3 is 5.97 Å². The van der Waals surface area contributed by atoms with Crippen LogP contribution >= 0.6 is 0 Å². The van der Waals surface area contributed by atoms with Crippen molar-refractivity contribution >= 4 is 33.3 Å². The number of anilines is 1. The zero-order valence-electron chi connectivity index (χ0n) is 13.8. The number of hydrogen-bond acceptors (Lipinski definition) is 5. The van der Waals surface area contributed by atoms with Crippen molar-refractivity contribution in [3.05, 3.63) is 23.8 Å². The van der Waals surface area contributed by atoms with Gasteiger partial charge in [0.05, 0.1) is 17.0 Å². The second kappa shape index (κ2) is 7.00. The summed E-state index contributed by atoms with van der Waals surface area (Å²) in [6, 6.07) is 3.31. The molecule has 0 radical (unpaired) electrons. The second-order valence-electron chi connectivity index (χ2n) is 6.30. The fourth-order valence-electron chi connectivity index (χ4n) is 1.64. The number of sulfone groups is 1. The van der Waals surface area contributed by atoms with Crippen LogP contribution in [-0.2, 0) is 19.4 Å². The van der Waals surface area contributed by atoms with Crippen molar-refractivity contribution < 1.29 is 27.9 Å². The minimum absolute atomic E-state index is 0.0188. The maximum Gasteiger partial charge on any atom is 0.335 e. The summed E-state index contributed by atoms with van der Waals surface area (Å²) in [5.74, 6) is -2.25. The van der Waals surface area contributed by atoms with Gasteiger partial charge in [0.25, 0.3) is 0 Å². The molecule has 1 aromatic rings. The Balaban J connectivity index is 2.94. The third-order valence-electron chi connectivity index (χ3n) is 2.96. The highest BCUT2D eigenvalue weighted by Crippen LogP contribution is 2.19. The molecule has 0 aliphatic rings. The molecule has 24 heavy (non-hydrogen) atoms. The molecule has 0 aliphatic heterocycles. The Morgan fingerprint density at radius 2 is 1.71 bits per heavy atom. The summed E-state index contributed by atoms with van der Waals surface area (Å²) < 4.78 is 23.2. The Labute approximate surface area is 140 Å². The van der Waals surface area contributed by atoms with Gasteiger partial charge < -0.3 is 15.7 Å². The number of nitrogens with one attached hydrogen (secondary N) is 2. The van der Waals surface area contributed by atoms with Gasteiger partial charge in [0.2, 0.25) is 11.8 Å². The van der Waals surface area contributed by atoms with Crippen molar-refractivity contribution in [2.45, 2.75) is 25.7 Å². The van der Waals surface area contributed by atoms with E-state index in [0.29, 0.717) is 0 Å². The van der Waals surface area contributed by atoms with E-state index < -0.39 is 27.1 Å². The Hall–Kier alpha value is -2.42. The maximum absolute atomic E-state index is 11.9. The Kier molecular flexibility index (Phi) is 5.72. The van der Waals surface area contributed by atoms with Gasteiger partial charge in [-0.05, 0) is 18.2 Å². The smallest absolute Gasteiger partial charge is 0.335 e. The molecule has 0 atom stereocenters. The van der Waals surface area contributed by atoms with Crippen molar-refractivity contribution in [3.8, 4) is 0 Å². The van der Waals surface area contributed by atoms with Crippen LogP contribution in [0.5, 0.6) is 0 Å². The van der Waals surface area contributed by atoms with E-state index in [1.54, 1.807) is 20.8 Å². The van der Waals surface area contributed by atoms with Crippen LogP contribution in [-0.4, -0.2) is 44.1 Å². The SMILES string of the molecule is CC(C)(C)C(=O)NCC(=O)Nc1cc(C(=O)O)cc(S(C)(=O)=O)c1. The third kappa shape index (κ3) is 5.65. The van der Waals surface area contributed by atoms with Crippen molar-refractivity contribution in [2.75, 3.05) is 18.1 Å². The third-order valence-corrected chi connectivity index (χ3v) is 4.05. The van der Waals surface area contributed by atoms with Crippen LogP contribution in [0.15, 0.2) is 23.1 Å². The van der Waals surface area contributed by atoms with Crippen molar-refractivity contribution in [1.29, 1.82) is 0 Å². The number of aromatic carboxylic acids is 1. The van der Waals surface area contributed by atoms with Gasteiger partial charge in [0, 0.05) is 17.4 Å². The number of benzene rings is 1. The zero-order valence-corrected chi connectivity index (χ0v) is 14.7. The lowest BCUT2D eigenvalue weighted by molar-refractivity contribution is -0.130. The highest BCUT2D eigenvalue weighted by Gasteiger charge is 2.21. The quantitative estimate of drug-likeness (QED) is 0.718. The lowest BCUT2D eigenvalue weighted by Gasteiger charge is -2.17. The largest absolute Gasteiger partial charge is 0.478 e. The van der Waals surface area contributed by atoms with Crippen molar-refractivity contribution in [1.82, 2.24) is 5.32 Å². The molecule has 0 heterocycles. The van der Waals surface area contributed by atoms with E-state index in [4.69, 9.17) is 5.11 Å². The standard InChI is InChI=1S/C15H20N2O6S/c1-15(2,3)14(21)16-8-12(18)17-10-5-9(13(19)20)6-11(7-10)24(4,22)23/h5-7H,8H2,1-4H3,(H,16,21)(H,17,18)(H,19,20). The van der Waals surface area contributed by atoms with Crippen LogP contribution in [0.1, 0.15) is 31.1 Å². The van der Waals surface area contributed by atoms with Gasteiger partial charge in [-0.3, -0.25) is 9.59 Å². The Bertz CT molecular complexity index is 778.